The van der Waals surface area contributed by atoms with E-state index in [0.717, 1.165) is 5.56 Å². The molecule has 0 fully saturated rings. The molecule has 0 amide bonds. The maximum atomic E-state index is 15.5. The Bertz CT molecular complexity index is 1200. The molecule has 0 radical (unpaired) electrons. The van der Waals surface area contributed by atoms with E-state index in [0.29, 0.717) is 22.2 Å². The first-order valence-electron chi connectivity index (χ1n) is 9.33. The SMILES string of the molecule is CC(C)(C)c1ccn2nc(-c3ccn4ncc(F)c4c3C(C)(C)C)c(F)c2c1. The highest BCUT2D eigenvalue weighted by Crippen LogP contribution is 2.38. The summed E-state index contributed by atoms with van der Waals surface area (Å²) in [5, 5.41) is 8.54. The Morgan fingerprint density at radius 3 is 2.21 bits per heavy atom. The first kappa shape index (κ1) is 18.6. The second-order valence-electron chi connectivity index (χ2n) is 9.30. The summed E-state index contributed by atoms with van der Waals surface area (Å²) in [4.78, 5) is 0. The largest absolute Gasteiger partial charge is 0.238 e. The number of hydrogen-bond donors (Lipinski definition) is 0. The number of fused-ring (bicyclic) bond motifs is 2. The van der Waals surface area contributed by atoms with Gasteiger partial charge in [0.2, 0.25) is 0 Å². The number of nitrogens with zero attached hydrogens (tertiary/aromatic N) is 4. The molecule has 4 heterocycles. The predicted octanol–water partition coefficient (Wildman–Crippen LogP) is 5.52. The monoisotopic (exact) mass is 382 g/mol. The van der Waals surface area contributed by atoms with E-state index in [-0.39, 0.29) is 11.1 Å². The molecule has 0 unspecified atom stereocenters. The van der Waals surface area contributed by atoms with E-state index in [9.17, 15) is 4.39 Å². The lowest BCUT2D eigenvalue weighted by molar-refractivity contribution is 0.583. The molecule has 0 aliphatic rings. The summed E-state index contributed by atoms with van der Waals surface area (Å²) in [5.74, 6) is -0.827. The number of aromatic nitrogens is 4. The number of rotatable bonds is 1. The van der Waals surface area contributed by atoms with E-state index in [2.05, 4.69) is 31.0 Å². The van der Waals surface area contributed by atoms with Gasteiger partial charge in [-0.1, -0.05) is 41.5 Å². The first-order valence-corrected chi connectivity index (χ1v) is 9.33. The van der Waals surface area contributed by atoms with Crippen molar-refractivity contribution >= 4 is 11.0 Å². The Morgan fingerprint density at radius 2 is 1.57 bits per heavy atom. The van der Waals surface area contributed by atoms with Crippen LogP contribution in [0, 0.1) is 11.6 Å². The molecule has 0 saturated carbocycles. The van der Waals surface area contributed by atoms with Gasteiger partial charge in [-0.3, -0.25) is 0 Å². The summed E-state index contributed by atoms with van der Waals surface area (Å²) >= 11 is 0. The van der Waals surface area contributed by atoms with E-state index in [1.165, 1.54) is 10.7 Å². The van der Waals surface area contributed by atoms with Crippen LogP contribution in [0.3, 0.4) is 0 Å². The first-order chi connectivity index (χ1) is 13.0. The lowest BCUT2D eigenvalue weighted by Gasteiger charge is -2.23. The molecule has 0 aliphatic heterocycles. The van der Waals surface area contributed by atoms with Gasteiger partial charge in [0, 0.05) is 18.0 Å². The van der Waals surface area contributed by atoms with Gasteiger partial charge in [0.1, 0.15) is 16.7 Å². The molecular weight excluding hydrogens is 358 g/mol. The zero-order valence-corrected chi connectivity index (χ0v) is 17.0. The summed E-state index contributed by atoms with van der Waals surface area (Å²) in [6.07, 6.45) is 4.61. The third-order valence-corrected chi connectivity index (χ3v) is 5.09. The predicted molar refractivity (Wildman–Crippen MR) is 107 cm³/mol. The molecular formula is C22H24F2N4. The fourth-order valence-corrected chi connectivity index (χ4v) is 3.66. The van der Waals surface area contributed by atoms with Crippen molar-refractivity contribution in [2.45, 2.75) is 52.4 Å². The van der Waals surface area contributed by atoms with Crippen LogP contribution in [-0.4, -0.2) is 19.2 Å². The Morgan fingerprint density at radius 1 is 0.893 bits per heavy atom. The highest BCUT2D eigenvalue weighted by Gasteiger charge is 2.28. The Labute approximate surface area is 162 Å². The molecule has 4 rings (SSSR count). The van der Waals surface area contributed by atoms with Gasteiger partial charge in [0.15, 0.2) is 11.6 Å². The molecule has 0 bridgehead atoms. The average Bonchev–Trinajstić information content (AvgIpc) is 3.13. The molecule has 146 valence electrons. The van der Waals surface area contributed by atoms with Crippen molar-refractivity contribution in [1.82, 2.24) is 19.2 Å². The van der Waals surface area contributed by atoms with Crippen molar-refractivity contribution in [2.75, 3.05) is 0 Å². The molecule has 0 aliphatic carbocycles. The van der Waals surface area contributed by atoms with Crippen LogP contribution in [0.1, 0.15) is 52.7 Å². The maximum Gasteiger partial charge on any atom is 0.176 e. The van der Waals surface area contributed by atoms with Crippen molar-refractivity contribution in [1.29, 1.82) is 0 Å². The van der Waals surface area contributed by atoms with Crippen LogP contribution in [0.25, 0.3) is 22.3 Å². The quantitative estimate of drug-likeness (QED) is 0.434. The minimum atomic E-state index is -0.433. The standard InChI is InChI=1S/C22H24F2N4/c1-21(2,3)13-7-9-27-16(11-13)18(24)19(26-27)14-8-10-28-20(15(23)12-25-28)17(14)22(4,5)6/h7-12H,1-6H3. The summed E-state index contributed by atoms with van der Waals surface area (Å²) in [7, 11) is 0. The van der Waals surface area contributed by atoms with E-state index in [4.69, 9.17) is 0 Å². The van der Waals surface area contributed by atoms with E-state index >= 15 is 4.39 Å². The molecule has 28 heavy (non-hydrogen) atoms. The van der Waals surface area contributed by atoms with Crippen molar-refractivity contribution in [2.24, 2.45) is 0 Å². The third kappa shape index (κ3) is 2.79. The second-order valence-corrected chi connectivity index (χ2v) is 9.30. The second kappa shape index (κ2) is 5.87. The van der Waals surface area contributed by atoms with Gasteiger partial charge in [-0.15, -0.1) is 0 Å². The summed E-state index contributed by atoms with van der Waals surface area (Å²) in [6.45, 7) is 12.2. The van der Waals surface area contributed by atoms with Crippen LogP contribution in [0.2, 0.25) is 0 Å². The van der Waals surface area contributed by atoms with Crippen molar-refractivity contribution in [3.8, 4) is 11.3 Å². The summed E-state index contributed by atoms with van der Waals surface area (Å²) < 4.78 is 33.0. The fourth-order valence-electron chi connectivity index (χ4n) is 3.66. The van der Waals surface area contributed by atoms with Gasteiger partial charge in [-0.25, -0.2) is 17.8 Å². The number of hydrogen-bond acceptors (Lipinski definition) is 2. The van der Waals surface area contributed by atoms with Gasteiger partial charge in [-0.2, -0.15) is 10.2 Å². The Hall–Kier alpha value is -2.76. The molecule has 4 aromatic heterocycles. The summed E-state index contributed by atoms with van der Waals surface area (Å²) in [5.41, 5.74) is 2.75. The zero-order valence-electron chi connectivity index (χ0n) is 17.0. The van der Waals surface area contributed by atoms with Gasteiger partial charge < -0.3 is 0 Å². The third-order valence-electron chi connectivity index (χ3n) is 5.09. The highest BCUT2D eigenvalue weighted by molar-refractivity contribution is 5.78. The number of halogens is 2. The maximum absolute atomic E-state index is 15.5. The molecule has 0 spiro atoms. The smallest absolute Gasteiger partial charge is 0.176 e. The van der Waals surface area contributed by atoms with Crippen LogP contribution in [0.15, 0.2) is 36.8 Å². The van der Waals surface area contributed by atoms with Crippen molar-refractivity contribution in [3.63, 3.8) is 0 Å². The highest BCUT2D eigenvalue weighted by atomic mass is 19.1. The minimum absolute atomic E-state index is 0.102. The van der Waals surface area contributed by atoms with Gasteiger partial charge >= 0.3 is 0 Å². The molecule has 4 aromatic rings. The zero-order chi connectivity index (χ0) is 20.4. The molecule has 4 nitrogen and oxygen atoms in total. The van der Waals surface area contributed by atoms with Gasteiger partial charge in [0.05, 0.1) is 6.20 Å². The van der Waals surface area contributed by atoms with E-state index in [1.54, 1.807) is 23.0 Å². The fraction of sp³-hybridized carbons (Fsp3) is 0.364. The average molecular weight is 382 g/mol. The lowest BCUT2D eigenvalue weighted by Crippen LogP contribution is -2.15. The molecule has 0 saturated heterocycles. The normalized spacial score (nSPS) is 13.0. The van der Waals surface area contributed by atoms with Crippen LogP contribution in [0.4, 0.5) is 8.78 Å². The van der Waals surface area contributed by atoms with E-state index in [1.807, 2.05) is 32.9 Å². The van der Waals surface area contributed by atoms with Crippen LogP contribution in [-0.2, 0) is 10.8 Å². The van der Waals surface area contributed by atoms with Gasteiger partial charge in [0.25, 0.3) is 0 Å². The van der Waals surface area contributed by atoms with Crippen LogP contribution >= 0.6 is 0 Å². The van der Waals surface area contributed by atoms with Crippen molar-refractivity contribution in [3.05, 3.63) is 59.6 Å². The van der Waals surface area contributed by atoms with Gasteiger partial charge in [-0.05, 0) is 40.2 Å². The minimum Gasteiger partial charge on any atom is -0.238 e. The summed E-state index contributed by atoms with van der Waals surface area (Å²) in [6, 6.07) is 5.55. The van der Waals surface area contributed by atoms with Crippen LogP contribution in [0.5, 0.6) is 0 Å². The van der Waals surface area contributed by atoms with Crippen molar-refractivity contribution < 1.29 is 8.78 Å². The molecule has 0 atom stereocenters. The molecule has 0 N–H and O–H groups in total. The Balaban J connectivity index is 2.04. The number of pyridine rings is 2. The lowest BCUT2D eigenvalue weighted by atomic mass is 9.82. The Kier molecular flexibility index (Phi) is 3.90. The molecule has 0 aromatic carbocycles. The van der Waals surface area contributed by atoms with E-state index < -0.39 is 17.0 Å². The van der Waals surface area contributed by atoms with Crippen LogP contribution < -0.4 is 0 Å². The topological polar surface area (TPSA) is 34.6 Å². The molecule has 6 heteroatoms.